The lowest BCUT2D eigenvalue weighted by molar-refractivity contribution is 0.102. The van der Waals surface area contributed by atoms with Gasteiger partial charge in [0.05, 0.1) is 24.9 Å². The van der Waals surface area contributed by atoms with E-state index in [0.29, 0.717) is 23.7 Å². The van der Waals surface area contributed by atoms with E-state index in [1.807, 2.05) is 55.5 Å². The van der Waals surface area contributed by atoms with Crippen molar-refractivity contribution in [2.24, 2.45) is 0 Å². The zero-order valence-electron chi connectivity index (χ0n) is 13.7. The summed E-state index contributed by atoms with van der Waals surface area (Å²) >= 11 is 0. The zero-order chi connectivity index (χ0) is 16.9. The van der Waals surface area contributed by atoms with Gasteiger partial charge in [0.2, 0.25) is 0 Å². The fourth-order valence-corrected chi connectivity index (χ4v) is 2.54. The van der Waals surface area contributed by atoms with E-state index in [1.165, 1.54) is 0 Å². The highest BCUT2D eigenvalue weighted by molar-refractivity contribution is 6.05. The average Bonchev–Trinajstić information content (AvgIpc) is 2.94. The first kappa shape index (κ1) is 15.8. The molecule has 1 N–H and O–H groups in total. The van der Waals surface area contributed by atoms with Gasteiger partial charge in [0, 0.05) is 6.07 Å². The summed E-state index contributed by atoms with van der Waals surface area (Å²) in [6.45, 7) is 2.50. The van der Waals surface area contributed by atoms with E-state index in [0.717, 1.165) is 11.3 Å². The summed E-state index contributed by atoms with van der Waals surface area (Å²) in [5, 5.41) is 7.39. The Morgan fingerprint density at radius 2 is 1.83 bits per heavy atom. The minimum Gasteiger partial charge on any atom is -0.496 e. The lowest BCUT2D eigenvalue weighted by atomic mass is 10.2. The van der Waals surface area contributed by atoms with E-state index in [1.54, 1.807) is 23.9 Å². The number of methoxy groups -OCH3 is 1. The van der Waals surface area contributed by atoms with Crippen LogP contribution in [0.5, 0.6) is 5.75 Å². The van der Waals surface area contributed by atoms with Crippen molar-refractivity contribution in [1.82, 2.24) is 9.78 Å². The molecule has 122 valence electrons. The molecule has 24 heavy (non-hydrogen) atoms. The molecule has 1 heterocycles. The topological polar surface area (TPSA) is 56.1 Å². The SMILES string of the molecule is COc1ccccc1C(=O)Nc1cc(C)nn1Cc1ccccc1. The number of carbonyl (C=O) groups excluding carboxylic acids is 1. The molecule has 0 fully saturated rings. The van der Waals surface area contributed by atoms with Gasteiger partial charge >= 0.3 is 0 Å². The van der Waals surface area contributed by atoms with E-state index < -0.39 is 0 Å². The molecule has 1 aromatic heterocycles. The molecule has 0 unspecified atom stereocenters. The largest absolute Gasteiger partial charge is 0.496 e. The van der Waals surface area contributed by atoms with Crippen LogP contribution in [0.1, 0.15) is 21.6 Å². The summed E-state index contributed by atoms with van der Waals surface area (Å²) in [4.78, 5) is 12.6. The number of benzene rings is 2. The Hall–Kier alpha value is -3.08. The number of aryl methyl sites for hydroxylation is 1. The van der Waals surface area contributed by atoms with Gasteiger partial charge in [0.25, 0.3) is 5.91 Å². The van der Waals surface area contributed by atoms with Crippen LogP contribution in [0.3, 0.4) is 0 Å². The summed E-state index contributed by atoms with van der Waals surface area (Å²) in [6, 6.07) is 19.0. The molecule has 5 nitrogen and oxygen atoms in total. The zero-order valence-corrected chi connectivity index (χ0v) is 13.7. The van der Waals surface area contributed by atoms with Crippen LogP contribution < -0.4 is 10.1 Å². The fraction of sp³-hybridized carbons (Fsp3) is 0.158. The number of rotatable bonds is 5. The molecule has 5 heteroatoms. The first-order chi connectivity index (χ1) is 11.7. The van der Waals surface area contributed by atoms with Crippen LogP contribution in [0.2, 0.25) is 0 Å². The van der Waals surface area contributed by atoms with Gasteiger partial charge in [-0.25, -0.2) is 4.68 Å². The lowest BCUT2D eigenvalue weighted by Gasteiger charge is -2.11. The molecule has 0 saturated heterocycles. The minimum atomic E-state index is -0.221. The number of ether oxygens (including phenoxy) is 1. The number of anilines is 1. The Morgan fingerprint density at radius 1 is 1.12 bits per heavy atom. The van der Waals surface area contributed by atoms with Crippen LogP contribution >= 0.6 is 0 Å². The maximum Gasteiger partial charge on any atom is 0.260 e. The molecule has 0 bridgehead atoms. The van der Waals surface area contributed by atoms with E-state index in [4.69, 9.17) is 4.74 Å². The second kappa shape index (κ2) is 7.00. The highest BCUT2D eigenvalue weighted by Gasteiger charge is 2.14. The van der Waals surface area contributed by atoms with Gasteiger partial charge in [0.15, 0.2) is 0 Å². The number of nitrogens with zero attached hydrogens (tertiary/aromatic N) is 2. The van der Waals surface area contributed by atoms with Gasteiger partial charge in [-0.05, 0) is 24.6 Å². The second-order valence-electron chi connectivity index (χ2n) is 5.47. The third kappa shape index (κ3) is 3.46. The van der Waals surface area contributed by atoms with E-state index in [9.17, 15) is 4.79 Å². The predicted octanol–water partition coefficient (Wildman–Crippen LogP) is 3.50. The number of nitrogens with one attached hydrogen (secondary N) is 1. The number of amides is 1. The fourth-order valence-electron chi connectivity index (χ4n) is 2.54. The van der Waals surface area contributed by atoms with Gasteiger partial charge < -0.3 is 10.1 Å². The molecule has 0 spiro atoms. The van der Waals surface area contributed by atoms with Crippen LogP contribution in [0.4, 0.5) is 5.82 Å². The maximum atomic E-state index is 12.6. The van der Waals surface area contributed by atoms with Crippen molar-refractivity contribution in [2.45, 2.75) is 13.5 Å². The van der Waals surface area contributed by atoms with E-state index in [2.05, 4.69) is 10.4 Å². The van der Waals surface area contributed by atoms with Crippen LogP contribution in [0.15, 0.2) is 60.7 Å². The Bertz CT molecular complexity index is 841. The predicted molar refractivity (Wildman–Crippen MR) is 93.5 cm³/mol. The van der Waals surface area contributed by atoms with Crippen LogP contribution in [0.25, 0.3) is 0 Å². The summed E-state index contributed by atoms with van der Waals surface area (Å²) < 4.78 is 7.04. The first-order valence-corrected chi connectivity index (χ1v) is 7.70. The minimum absolute atomic E-state index is 0.221. The molecule has 0 aliphatic rings. The molecule has 0 saturated carbocycles. The van der Waals surface area contributed by atoms with Crippen molar-refractivity contribution >= 4 is 11.7 Å². The quantitative estimate of drug-likeness (QED) is 0.782. The molecule has 1 amide bonds. The third-order valence-corrected chi connectivity index (χ3v) is 3.67. The Balaban J connectivity index is 1.84. The van der Waals surface area contributed by atoms with Gasteiger partial charge in [0.1, 0.15) is 11.6 Å². The van der Waals surface area contributed by atoms with Crippen molar-refractivity contribution in [3.05, 3.63) is 77.5 Å². The standard InChI is InChI=1S/C19H19N3O2/c1-14-12-18(22(21-14)13-15-8-4-3-5-9-15)20-19(23)16-10-6-7-11-17(16)24-2/h3-12H,13H2,1-2H3,(H,20,23). The van der Waals surface area contributed by atoms with Crippen molar-refractivity contribution in [3.8, 4) is 5.75 Å². The normalized spacial score (nSPS) is 10.4. The second-order valence-corrected chi connectivity index (χ2v) is 5.47. The highest BCUT2D eigenvalue weighted by atomic mass is 16.5. The third-order valence-electron chi connectivity index (χ3n) is 3.67. The van der Waals surface area contributed by atoms with Crippen LogP contribution in [-0.4, -0.2) is 22.8 Å². The van der Waals surface area contributed by atoms with Gasteiger partial charge in [-0.1, -0.05) is 42.5 Å². The molecule has 0 atom stereocenters. The number of hydrogen-bond donors (Lipinski definition) is 1. The molecular weight excluding hydrogens is 302 g/mol. The van der Waals surface area contributed by atoms with Gasteiger partial charge in [-0.3, -0.25) is 4.79 Å². The Kier molecular flexibility index (Phi) is 4.61. The monoisotopic (exact) mass is 321 g/mol. The molecule has 2 aromatic carbocycles. The molecular formula is C19H19N3O2. The number of carbonyl (C=O) groups is 1. The molecule has 3 rings (SSSR count). The van der Waals surface area contributed by atoms with Crippen LogP contribution in [0, 0.1) is 6.92 Å². The lowest BCUT2D eigenvalue weighted by Crippen LogP contribution is -2.17. The van der Waals surface area contributed by atoms with Crippen molar-refractivity contribution in [2.75, 3.05) is 12.4 Å². The van der Waals surface area contributed by atoms with Gasteiger partial charge in [-0.2, -0.15) is 5.10 Å². The number of hydrogen-bond acceptors (Lipinski definition) is 3. The maximum absolute atomic E-state index is 12.6. The summed E-state index contributed by atoms with van der Waals surface area (Å²) in [5.74, 6) is 0.981. The summed E-state index contributed by atoms with van der Waals surface area (Å²) in [5.41, 5.74) is 2.46. The van der Waals surface area contributed by atoms with Crippen LogP contribution in [-0.2, 0) is 6.54 Å². The van der Waals surface area contributed by atoms with E-state index in [-0.39, 0.29) is 5.91 Å². The molecule has 0 aliphatic carbocycles. The first-order valence-electron chi connectivity index (χ1n) is 7.70. The summed E-state index contributed by atoms with van der Waals surface area (Å²) in [7, 11) is 1.55. The number of aromatic nitrogens is 2. The molecule has 3 aromatic rings. The molecule has 0 aliphatic heterocycles. The van der Waals surface area contributed by atoms with Crippen molar-refractivity contribution in [3.63, 3.8) is 0 Å². The summed E-state index contributed by atoms with van der Waals surface area (Å²) in [6.07, 6.45) is 0. The average molecular weight is 321 g/mol. The number of para-hydroxylation sites is 1. The Labute approximate surface area is 140 Å². The smallest absolute Gasteiger partial charge is 0.260 e. The molecule has 0 radical (unpaired) electrons. The van der Waals surface area contributed by atoms with Gasteiger partial charge in [-0.15, -0.1) is 0 Å². The Morgan fingerprint density at radius 3 is 2.58 bits per heavy atom. The van der Waals surface area contributed by atoms with Crippen molar-refractivity contribution in [1.29, 1.82) is 0 Å². The van der Waals surface area contributed by atoms with Crippen molar-refractivity contribution < 1.29 is 9.53 Å². The highest BCUT2D eigenvalue weighted by Crippen LogP contribution is 2.20. The van der Waals surface area contributed by atoms with E-state index >= 15 is 0 Å².